The van der Waals surface area contributed by atoms with E-state index in [4.69, 9.17) is 4.74 Å². The monoisotopic (exact) mass is 378 g/mol. The van der Waals surface area contributed by atoms with Gasteiger partial charge >= 0.3 is 0 Å². The highest BCUT2D eigenvalue weighted by atomic mass is 16.5. The molecule has 28 heavy (non-hydrogen) atoms. The number of nitrogens with one attached hydrogen (secondary N) is 1. The van der Waals surface area contributed by atoms with Gasteiger partial charge in [0, 0.05) is 49.2 Å². The first-order chi connectivity index (χ1) is 13.7. The molecular formula is C21H22N4O3. The van der Waals surface area contributed by atoms with Crippen LogP contribution in [0.3, 0.4) is 0 Å². The van der Waals surface area contributed by atoms with E-state index in [9.17, 15) is 9.59 Å². The summed E-state index contributed by atoms with van der Waals surface area (Å²) in [5, 5.41) is 0.764. The van der Waals surface area contributed by atoms with Crippen LogP contribution in [0.5, 0.6) is 5.88 Å². The summed E-state index contributed by atoms with van der Waals surface area (Å²) in [6.45, 7) is 4.99. The molecule has 3 heterocycles. The summed E-state index contributed by atoms with van der Waals surface area (Å²) in [5.41, 5.74) is 0.857. The molecule has 0 spiro atoms. The molecule has 0 radical (unpaired) electrons. The Balaban J connectivity index is 1.51. The van der Waals surface area contributed by atoms with E-state index in [0.717, 1.165) is 11.2 Å². The number of anilines is 1. The van der Waals surface area contributed by atoms with Crippen molar-refractivity contribution in [2.45, 2.75) is 6.92 Å². The number of rotatable bonds is 4. The van der Waals surface area contributed by atoms with Crippen molar-refractivity contribution in [1.29, 1.82) is 0 Å². The summed E-state index contributed by atoms with van der Waals surface area (Å²) in [5.74, 6) is 1.34. The Bertz CT molecular complexity index is 1050. The lowest BCUT2D eigenvalue weighted by Crippen LogP contribution is -2.49. The van der Waals surface area contributed by atoms with Gasteiger partial charge in [-0.15, -0.1) is 0 Å². The molecule has 0 saturated carbocycles. The maximum absolute atomic E-state index is 13.1. The summed E-state index contributed by atoms with van der Waals surface area (Å²) in [7, 11) is 0. The highest BCUT2D eigenvalue weighted by Crippen LogP contribution is 2.20. The van der Waals surface area contributed by atoms with E-state index < -0.39 is 0 Å². The van der Waals surface area contributed by atoms with Crippen molar-refractivity contribution in [3.05, 3.63) is 64.4 Å². The number of carbonyl (C=O) groups excluding carboxylic acids is 1. The van der Waals surface area contributed by atoms with Gasteiger partial charge in [-0.05, 0) is 19.1 Å². The second kappa shape index (κ2) is 7.72. The van der Waals surface area contributed by atoms with Crippen LogP contribution >= 0.6 is 0 Å². The molecule has 4 rings (SSSR count). The van der Waals surface area contributed by atoms with Gasteiger partial charge < -0.3 is 19.5 Å². The van der Waals surface area contributed by atoms with Crippen molar-refractivity contribution >= 4 is 22.6 Å². The molecule has 1 aliphatic rings. The summed E-state index contributed by atoms with van der Waals surface area (Å²) < 4.78 is 5.47. The average Bonchev–Trinajstić information content (AvgIpc) is 2.73. The van der Waals surface area contributed by atoms with Crippen LogP contribution in [0.25, 0.3) is 10.9 Å². The highest BCUT2D eigenvalue weighted by molar-refractivity contribution is 6.06. The lowest BCUT2D eigenvalue weighted by Gasteiger charge is -2.35. The van der Waals surface area contributed by atoms with E-state index in [1.807, 2.05) is 49.4 Å². The summed E-state index contributed by atoms with van der Waals surface area (Å²) >= 11 is 0. The molecule has 1 fully saturated rings. The Morgan fingerprint density at radius 2 is 1.89 bits per heavy atom. The normalized spacial score (nSPS) is 14.3. The number of nitrogens with zero attached hydrogens (tertiary/aromatic N) is 3. The molecule has 0 aliphatic carbocycles. The molecule has 0 bridgehead atoms. The van der Waals surface area contributed by atoms with Gasteiger partial charge in [0.15, 0.2) is 0 Å². The van der Waals surface area contributed by atoms with Gasteiger partial charge in [-0.1, -0.05) is 24.3 Å². The van der Waals surface area contributed by atoms with Crippen molar-refractivity contribution in [2.75, 3.05) is 37.7 Å². The van der Waals surface area contributed by atoms with Crippen molar-refractivity contribution in [2.24, 2.45) is 0 Å². The highest BCUT2D eigenvalue weighted by Gasteiger charge is 2.24. The lowest BCUT2D eigenvalue weighted by molar-refractivity contribution is 0.0748. The molecule has 1 aromatic carbocycles. The second-order valence-electron chi connectivity index (χ2n) is 6.64. The van der Waals surface area contributed by atoms with Crippen LogP contribution in [-0.2, 0) is 0 Å². The predicted octanol–water partition coefficient (Wildman–Crippen LogP) is 2.28. The first-order valence-electron chi connectivity index (χ1n) is 9.42. The first-order valence-corrected chi connectivity index (χ1v) is 9.42. The van der Waals surface area contributed by atoms with Crippen LogP contribution in [-0.4, -0.2) is 53.6 Å². The number of ether oxygens (including phenoxy) is 1. The van der Waals surface area contributed by atoms with Crippen LogP contribution in [0.15, 0.2) is 53.3 Å². The van der Waals surface area contributed by atoms with Crippen molar-refractivity contribution in [3.63, 3.8) is 0 Å². The number of piperazine rings is 1. The number of carbonyl (C=O) groups is 1. The standard InChI is InChI=1S/C21H22N4O3/c1-2-28-20-9-5-8-18(23-20)24-10-12-25(13-11-24)21(27)16-14-19(26)22-17-7-4-3-6-15(16)17/h3-9,14H,2,10-13H2,1H3,(H,22,26). The number of hydrogen-bond acceptors (Lipinski definition) is 5. The number of para-hydroxylation sites is 1. The molecule has 1 saturated heterocycles. The largest absolute Gasteiger partial charge is 0.478 e. The third-order valence-corrected chi connectivity index (χ3v) is 4.87. The van der Waals surface area contributed by atoms with Gasteiger partial charge in [0.2, 0.25) is 11.4 Å². The number of hydrogen-bond donors (Lipinski definition) is 1. The second-order valence-corrected chi connectivity index (χ2v) is 6.64. The van der Waals surface area contributed by atoms with E-state index in [1.54, 1.807) is 4.90 Å². The van der Waals surface area contributed by atoms with E-state index in [-0.39, 0.29) is 11.5 Å². The zero-order valence-corrected chi connectivity index (χ0v) is 15.7. The minimum Gasteiger partial charge on any atom is -0.478 e. The number of aromatic nitrogens is 2. The maximum atomic E-state index is 13.1. The fraction of sp³-hybridized carbons (Fsp3) is 0.286. The van der Waals surface area contributed by atoms with Crippen LogP contribution in [0.4, 0.5) is 5.82 Å². The van der Waals surface area contributed by atoms with Gasteiger partial charge in [0.05, 0.1) is 12.2 Å². The molecule has 1 N–H and O–H groups in total. The Morgan fingerprint density at radius 3 is 2.68 bits per heavy atom. The number of fused-ring (bicyclic) bond motifs is 1. The maximum Gasteiger partial charge on any atom is 0.254 e. The fourth-order valence-corrected chi connectivity index (χ4v) is 3.50. The van der Waals surface area contributed by atoms with Crippen LogP contribution in [0, 0.1) is 0 Å². The topological polar surface area (TPSA) is 78.5 Å². The molecule has 1 aliphatic heterocycles. The Labute approximate surface area is 162 Å². The number of H-pyrrole nitrogens is 1. The van der Waals surface area contributed by atoms with Gasteiger partial charge in [-0.3, -0.25) is 9.59 Å². The van der Waals surface area contributed by atoms with Crippen molar-refractivity contribution < 1.29 is 9.53 Å². The number of amides is 1. The molecule has 144 valence electrons. The first kappa shape index (κ1) is 18.0. The molecule has 3 aromatic rings. The average molecular weight is 378 g/mol. The number of pyridine rings is 2. The molecular weight excluding hydrogens is 356 g/mol. The Kier molecular flexibility index (Phi) is 4.97. The zero-order chi connectivity index (χ0) is 19.5. The van der Waals surface area contributed by atoms with Gasteiger partial charge in [-0.2, -0.15) is 4.98 Å². The van der Waals surface area contributed by atoms with Crippen LogP contribution < -0.4 is 15.2 Å². The fourth-order valence-electron chi connectivity index (χ4n) is 3.50. The molecule has 0 unspecified atom stereocenters. The minimum absolute atomic E-state index is 0.113. The van der Waals surface area contributed by atoms with Crippen molar-refractivity contribution in [1.82, 2.24) is 14.9 Å². The third-order valence-electron chi connectivity index (χ3n) is 4.87. The van der Waals surface area contributed by atoms with Gasteiger partial charge in [0.1, 0.15) is 5.82 Å². The summed E-state index contributed by atoms with van der Waals surface area (Å²) in [6.07, 6.45) is 0. The molecule has 2 aromatic heterocycles. The van der Waals surface area contributed by atoms with Crippen molar-refractivity contribution in [3.8, 4) is 5.88 Å². The molecule has 1 amide bonds. The van der Waals surface area contributed by atoms with E-state index in [1.165, 1.54) is 6.07 Å². The number of benzene rings is 1. The lowest BCUT2D eigenvalue weighted by atomic mass is 10.1. The van der Waals surface area contributed by atoms with Gasteiger partial charge in [0.25, 0.3) is 5.91 Å². The molecule has 0 atom stereocenters. The van der Waals surface area contributed by atoms with Gasteiger partial charge in [-0.25, -0.2) is 0 Å². The molecule has 7 nitrogen and oxygen atoms in total. The Morgan fingerprint density at radius 1 is 1.11 bits per heavy atom. The molecule has 7 heteroatoms. The van der Waals surface area contributed by atoms with E-state index in [0.29, 0.717) is 49.7 Å². The minimum atomic E-state index is -0.266. The predicted molar refractivity (Wildman–Crippen MR) is 108 cm³/mol. The zero-order valence-electron chi connectivity index (χ0n) is 15.7. The van der Waals surface area contributed by atoms with E-state index >= 15 is 0 Å². The van der Waals surface area contributed by atoms with E-state index in [2.05, 4.69) is 14.9 Å². The van der Waals surface area contributed by atoms with Crippen LogP contribution in [0.1, 0.15) is 17.3 Å². The summed E-state index contributed by atoms with van der Waals surface area (Å²) in [6, 6.07) is 14.5. The quantitative estimate of drug-likeness (QED) is 0.754. The Hall–Kier alpha value is -3.35. The third kappa shape index (κ3) is 3.55. The smallest absolute Gasteiger partial charge is 0.254 e. The summed E-state index contributed by atoms with van der Waals surface area (Å²) in [4.78, 5) is 36.3. The van der Waals surface area contributed by atoms with Crippen LogP contribution in [0.2, 0.25) is 0 Å². The SMILES string of the molecule is CCOc1cccc(N2CCN(C(=O)c3cc(=O)[nH]c4ccccc34)CC2)n1. The number of aromatic amines is 1.